The Morgan fingerprint density at radius 1 is 0.488 bits per heavy atom. The topological polar surface area (TPSA) is 65.4 Å². The van der Waals surface area contributed by atoms with Crippen molar-refractivity contribution in [3.05, 3.63) is 145 Å². The normalized spacial score (nSPS) is 10.9. The quantitative estimate of drug-likeness (QED) is 0.232. The van der Waals surface area contributed by atoms with Crippen LogP contribution in [-0.2, 0) is 0 Å². The number of hydrogen-bond acceptors (Lipinski definition) is 3. The third kappa shape index (κ3) is 4.03. The minimum atomic E-state index is 0.600. The first-order valence-corrected chi connectivity index (χ1v) is 13.3. The van der Waals surface area contributed by atoms with Gasteiger partial charge in [-0.15, -0.1) is 0 Å². The molecule has 4 nitrogen and oxygen atoms in total. The Labute approximate surface area is 237 Å². The lowest BCUT2D eigenvalue weighted by atomic mass is 9.94. The fourth-order valence-electron chi connectivity index (χ4n) is 5.71. The number of nitrogens with zero attached hydrogens (tertiary/aromatic N) is 4. The maximum Gasteiger partial charge on any atom is 0.0998 e. The van der Waals surface area contributed by atoms with E-state index in [1.807, 2.05) is 60.7 Å². The number of benzene rings is 5. The second-order valence-electron chi connectivity index (χ2n) is 9.87. The predicted octanol–water partition coefficient (Wildman–Crippen LogP) is 8.92. The minimum absolute atomic E-state index is 0.600. The minimum Gasteiger partial charge on any atom is -0.309 e. The first kappa shape index (κ1) is 24.1. The monoisotopic (exact) mass is 522 g/mol. The third-order valence-electron chi connectivity index (χ3n) is 7.61. The van der Waals surface area contributed by atoms with Crippen LogP contribution in [0.3, 0.4) is 0 Å². The lowest BCUT2D eigenvalue weighted by molar-refractivity contribution is 1.18. The van der Waals surface area contributed by atoms with E-state index in [-0.39, 0.29) is 0 Å². The summed E-state index contributed by atoms with van der Waals surface area (Å²) in [6, 6.07) is 45.5. The van der Waals surface area contributed by atoms with Crippen LogP contribution >= 0.6 is 0 Å². The molecule has 0 aliphatic carbocycles. The van der Waals surface area contributed by atoms with E-state index >= 15 is 0 Å². The van der Waals surface area contributed by atoms with Gasteiger partial charge in [0, 0.05) is 34.3 Å². The van der Waals surface area contributed by atoms with Gasteiger partial charge in [0.1, 0.15) is 0 Å². The van der Waals surface area contributed by atoms with Crippen LogP contribution in [0.4, 0.5) is 0 Å². The average molecular weight is 523 g/mol. The van der Waals surface area contributed by atoms with E-state index in [1.165, 1.54) is 0 Å². The lowest BCUT2D eigenvalue weighted by Crippen LogP contribution is -2.00. The van der Waals surface area contributed by atoms with Crippen LogP contribution in [0.1, 0.15) is 11.1 Å². The van der Waals surface area contributed by atoms with Gasteiger partial charge >= 0.3 is 0 Å². The van der Waals surface area contributed by atoms with E-state index in [9.17, 15) is 10.5 Å². The Morgan fingerprint density at radius 3 is 1.98 bits per heavy atom. The summed E-state index contributed by atoms with van der Waals surface area (Å²) >= 11 is 0. The van der Waals surface area contributed by atoms with Crippen molar-refractivity contribution < 1.29 is 0 Å². The molecule has 0 unspecified atom stereocenters. The second kappa shape index (κ2) is 9.97. The second-order valence-corrected chi connectivity index (χ2v) is 9.87. The molecule has 41 heavy (non-hydrogen) atoms. The molecule has 2 aromatic heterocycles. The standard InChI is InChI=1S/C37H22N4/c38-23-28-10-4-5-11-30(28)27-14-15-32-31-12-6-7-13-35(31)41(36(32)21-27)37-22-33(26-16-18-40-19-17-26)29(24-39)20-34(37)25-8-2-1-3-9-25/h1-22H. The molecule has 0 fully saturated rings. The van der Waals surface area contributed by atoms with Crippen LogP contribution in [0.2, 0.25) is 0 Å². The summed E-state index contributed by atoms with van der Waals surface area (Å²) in [4.78, 5) is 4.19. The zero-order chi connectivity index (χ0) is 27.8. The van der Waals surface area contributed by atoms with E-state index in [1.54, 1.807) is 12.4 Å². The highest BCUT2D eigenvalue weighted by molar-refractivity contribution is 6.11. The number of pyridine rings is 1. The molecule has 7 aromatic rings. The van der Waals surface area contributed by atoms with Crippen molar-refractivity contribution in [1.29, 1.82) is 10.5 Å². The van der Waals surface area contributed by atoms with E-state index in [2.05, 4.69) is 82.4 Å². The predicted molar refractivity (Wildman–Crippen MR) is 164 cm³/mol. The summed E-state index contributed by atoms with van der Waals surface area (Å²) in [5, 5.41) is 22.3. The van der Waals surface area contributed by atoms with Crippen molar-refractivity contribution in [2.45, 2.75) is 0 Å². The molecule has 0 radical (unpaired) electrons. The van der Waals surface area contributed by atoms with Gasteiger partial charge in [-0.1, -0.05) is 78.9 Å². The SMILES string of the molecule is N#Cc1ccccc1-c1ccc2c3ccccc3n(-c3cc(-c4ccncc4)c(C#N)cc3-c3ccccc3)c2c1. The molecule has 0 N–H and O–H groups in total. The lowest BCUT2D eigenvalue weighted by Gasteiger charge is -2.18. The average Bonchev–Trinajstić information content (AvgIpc) is 3.38. The zero-order valence-electron chi connectivity index (χ0n) is 22.0. The molecule has 0 spiro atoms. The van der Waals surface area contributed by atoms with E-state index in [4.69, 9.17) is 0 Å². The Bertz CT molecular complexity index is 2160. The zero-order valence-corrected chi connectivity index (χ0v) is 22.0. The highest BCUT2D eigenvalue weighted by Crippen LogP contribution is 2.40. The first-order chi connectivity index (χ1) is 20.3. The van der Waals surface area contributed by atoms with E-state index < -0.39 is 0 Å². The number of nitriles is 2. The van der Waals surface area contributed by atoms with Gasteiger partial charge in [-0.3, -0.25) is 4.98 Å². The summed E-state index contributed by atoms with van der Waals surface area (Å²) in [6.45, 7) is 0. The smallest absolute Gasteiger partial charge is 0.0998 e. The highest BCUT2D eigenvalue weighted by Gasteiger charge is 2.20. The van der Waals surface area contributed by atoms with Gasteiger partial charge in [0.05, 0.1) is 40.0 Å². The molecule has 190 valence electrons. The molecule has 2 heterocycles. The Morgan fingerprint density at radius 2 is 1.17 bits per heavy atom. The van der Waals surface area contributed by atoms with E-state index in [0.29, 0.717) is 11.1 Å². The molecule has 0 bridgehead atoms. The maximum atomic E-state index is 10.2. The molecule has 0 atom stereocenters. The molecule has 0 saturated carbocycles. The van der Waals surface area contributed by atoms with Crippen LogP contribution in [0.5, 0.6) is 0 Å². The largest absolute Gasteiger partial charge is 0.309 e. The van der Waals surface area contributed by atoms with Crippen molar-refractivity contribution in [1.82, 2.24) is 9.55 Å². The van der Waals surface area contributed by atoms with Crippen molar-refractivity contribution >= 4 is 21.8 Å². The molecule has 5 aromatic carbocycles. The van der Waals surface area contributed by atoms with Crippen molar-refractivity contribution in [3.63, 3.8) is 0 Å². The van der Waals surface area contributed by atoms with Gasteiger partial charge in [0.25, 0.3) is 0 Å². The van der Waals surface area contributed by atoms with Gasteiger partial charge in [-0.25, -0.2) is 0 Å². The summed E-state index contributed by atoms with van der Waals surface area (Å²) in [5.74, 6) is 0. The summed E-state index contributed by atoms with van der Waals surface area (Å²) in [5.41, 5.74) is 9.94. The molecular weight excluding hydrogens is 500 g/mol. The van der Waals surface area contributed by atoms with Crippen molar-refractivity contribution in [3.8, 4) is 51.2 Å². The summed E-state index contributed by atoms with van der Waals surface area (Å²) < 4.78 is 2.29. The van der Waals surface area contributed by atoms with E-state index in [0.717, 1.165) is 60.9 Å². The van der Waals surface area contributed by atoms with Gasteiger partial charge in [0.2, 0.25) is 0 Å². The molecule has 4 heteroatoms. The molecule has 0 aliphatic rings. The Kier molecular flexibility index (Phi) is 5.86. The fourth-order valence-corrected chi connectivity index (χ4v) is 5.71. The maximum absolute atomic E-state index is 10.2. The van der Waals surface area contributed by atoms with Gasteiger partial charge < -0.3 is 4.57 Å². The van der Waals surface area contributed by atoms with Crippen molar-refractivity contribution in [2.24, 2.45) is 0 Å². The fraction of sp³-hybridized carbons (Fsp3) is 0. The van der Waals surface area contributed by atoms with Gasteiger partial charge in [-0.2, -0.15) is 10.5 Å². The number of aromatic nitrogens is 2. The van der Waals surface area contributed by atoms with Crippen LogP contribution < -0.4 is 0 Å². The number of fused-ring (bicyclic) bond motifs is 3. The number of hydrogen-bond donors (Lipinski definition) is 0. The Balaban J connectivity index is 1.61. The molecular formula is C37H22N4. The van der Waals surface area contributed by atoms with Gasteiger partial charge in [0.15, 0.2) is 0 Å². The summed E-state index contributed by atoms with van der Waals surface area (Å²) in [7, 11) is 0. The number of rotatable bonds is 4. The van der Waals surface area contributed by atoms with Crippen LogP contribution in [0.25, 0.3) is 60.9 Å². The highest BCUT2D eigenvalue weighted by atomic mass is 15.0. The van der Waals surface area contributed by atoms with Crippen LogP contribution in [0.15, 0.2) is 134 Å². The van der Waals surface area contributed by atoms with Gasteiger partial charge in [-0.05, 0) is 64.7 Å². The molecule has 7 rings (SSSR count). The van der Waals surface area contributed by atoms with Crippen LogP contribution in [-0.4, -0.2) is 9.55 Å². The number of para-hydroxylation sites is 1. The molecule has 0 amide bonds. The van der Waals surface area contributed by atoms with Crippen molar-refractivity contribution in [2.75, 3.05) is 0 Å². The Hall–Kier alpha value is -5.97. The molecule has 0 aliphatic heterocycles. The third-order valence-corrected chi connectivity index (χ3v) is 7.61. The first-order valence-electron chi connectivity index (χ1n) is 13.3. The summed E-state index contributed by atoms with van der Waals surface area (Å²) in [6.07, 6.45) is 3.50. The molecule has 0 saturated heterocycles. The van der Waals surface area contributed by atoms with Crippen LogP contribution in [0, 0.1) is 22.7 Å².